The molecule has 0 N–H and O–H groups in total. The largest absolute Gasteiger partial charge is 0.772 e. The molecule has 1 rings (SSSR count). The van der Waals surface area contributed by atoms with Gasteiger partial charge in [0.2, 0.25) is 0 Å². The molecule has 100 valence electrons. The molecule has 18 heavy (non-hydrogen) atoms. The fraction of sp³-hybridized carbons (Fsp3) is 0.462. The first-order valence-electron chi connectivity index (χ1n) is 5.83. The zero-order chi connectivity index (χ0) is 13.5. The third-order valence-corrected chi connectivity index (χ3v) is 3.21. The third-order valence-electron chi connectivity index (χ3n) is 2.67. The third kappa shape index (κ3) is 4.58. The summed E-state index contributed by atoms with van der Waals surface area (Å²) in [7, 11) is 0. The van der Waals surface area contributed by atoms with E-state index in [4.69, 9.17) is 4.74 Å². The Morgan fingerprint density at radius 3 is 2.78 bits per heavy atom. The Hall–Kier alpha value is -1.20. The van der Waals surface area contributed by atoms with Gasteiger partial charge in [0.25, 0.3) is 0 Å². The molecule has 1 atom stereocenters. The van der Waals surface area contributed by atoms with Gasteiger partial charge >= 0.3 is 5.97 Å². The van der Waals surface area contributed by atoms with Crippen molar-refractivity contribution in [2.24, 2.45) is 0 Å². The standard InChI is InChI=1S/C13H18O4S/c1-3-17-13(14)8-7-12-10(2)5-4-6-11(12)9-18(15)16/h4-6H,3,7-9H2,1-2H3,(H,15,16)/p-1. The minimum absolute atomic E-state index is 0.0140. The Balaban J connectivity index is 2.79. The predicted molar refractivity (Wildman–Crippen MR) is 68.8 cm³/mol. The van der Waals surface area contributed by atoms with Gasteiger partial charge in [0, 0.05) is 12.2 Å². The minimum atomic E-state index is -2.12. The van der Waals surface area contributed by atoms with E-state index >= 15 is 0 Å². The average molecular weight is 269 g/mol. The van der Waals surface area contributed by atoms with Crippen LogP contribution in [0.4, 0.5) is 0 Å². The van der Waals surface area contributed by atoms with E-state index in [2.05, 4.69) is 0 Å². The van der Waals surface area contributed by atoms with Gasteiger partial charge in [-0.25, -0.2) is 0 Å². The summed E-state index contributed by atoms with van der Waals surface area (Å²) in [6.45, 7) is 4.04. The summed E-state index contributed by atoms with van der Waals surface area (Å²) in [5, 5.41) is 0. The number of carbonyl (C=O) groups excluding carboxylic acids is 1. The summed E-state index contributed by atoms with van der Waals surface area (Å²) in [4.78, 5) is 11.3. The summed E-state index contributed by atoms with van der Waals surface area (Å²) >= 11 is -2.12. The summed E-state index contributed by atoms with van der Waals surface area (Å²) in [6.07, 6.45) is 0.787. The van der Waals surface area contributed by atoms with Gasteiger partial charge in [-0.3, -0.25) is 9.00 Å². The Labute approximate surface area is 110 Å². The molecule has 1 unspecified atom stereocenters. The number of benzene rings is 1. The molecule has 0 radical (unpaired) electrons. The van der Waals surface area contributed by atoms with E-state index in [1.54, 1.807) is 13.0 Å². The predicted octanol–water partition coefficient (Wildman–Crippen LogP) is 1.87. The molecule has 0 heterocycles. The molecule has 0 aliphatic carbocycles. The monoisotopic (exact) mass is 269 g/mol. The van der Waals surface area contributed by atoms with Crippen LogP contribution in [-0.2, 0) is 32.8 Å². The molecular weight excluding hydrogens is 252 g/mol. The van der Waals surface area contributed by atoms with Crippen molar-refractivity contribution >= 4 is 17.0 Å². The van der Waals surface area contributed by atoms with Crippen LogP contribution in [0.1, 0.15) is 30.0 Å². The Morgan fingerprint density at radius 1 is 1.44 bits per heavy atom. The van der Waals surface area contributed by atoms with E-state index < -0.39 is 11.1 Å². The number of carbonyl (C=O) groups is 1. The molecule has 0 saturated carbocycles. The number of hydrogen-bond donors (Lipinski definition) is 0. The number of ether oxygens (including phenoxy) is 1. The zero-order valence-corrected chi connectivity index (χ0v) is 11.4. The van der Waals surface area contributed by atoms with Crippen molar-refractivity contribution in [1.82, 2.24) is 0 Å². The van der Waals surface area contributed by atoms with Gasteiger partial charge in [-0.15, -0.1) is 0 Å². The van der Waals surface area contributed by atoms with Crippen LogP contribution in [0, 0.1) is 6.92 Å². The number of rotatable bonds is 6. The van der Waals surface area contributed by atoms with Crippen LogP contribution in [0.15, 0.2) is 18.2 Å². The van der Waals surface area contributed by atoms with Crippen LogP contribution in [0.2, 0.25) is 0 Å². The Bertz CT molecular complexity index is 443. The van der Waals surface area contributed by atoms with Gasteiger partial charge < -0.3 is 9.29 Å². The van der Waals surface area contributed by atoms with Gasteiger partial charge in [0.05, 0.1) is 6.61 Å². The fourth-order valence-corrected chi connectivity index (χ4v) is 2.37. The van der Waals surface area contributed by atoms with Crippen molar-refractivity contribution in [2.45, 2.75) is 32.4 Å². The van der Waals surface area contributed by atoms with Crippen molar-refractivity contribution in [1.29, 1.82) is 0 Å². The van der Waals surface area contributed by atoms with Crippen LogP contribution in [0.3, 0.4) is 0 Å². The second kappa shape index (κ2) is 7.28. The average Bonchev–Trinajstić information content (AvgIpc) is 2.28. The number of esters is 1. The maximum atomic E-state index is 11.3. The van der Waals surface area contributed by atoms with Crippen LogP contribution >= 0.6 is 0 Å². The van der Waals surface area contributed by atoms with E-state index in [1.165, 1.54) is 0 Å². The Kier molecular flexibility index (Phi) is 6.01. The highest BCUT2D eigenvalue weighted by atomic mass is 32.2. The first-order chi connectivity index (χ1) is 8.54. The lowest BCUT2D eigenvalue weighted by molar-refractivity contribution is -0.143. The second-order valence-electron chi connectivity index (χ2n) is 3.97. The highest BCUT2D eigenvalue weighted by molar-refractivity contribution is 7.78. The normalized spacial score (nSPS) is 12.2. The minimum Gasteiger partial charge on any atom is -0.772 e. The maximum Gasteiger partial charge on any atom is 0.306 e. The fourth-order valence-electron chi connectivity index (χ4n) is 1.84. The molecule has 5 heteroatoms. The van der Waals surface area contributed by atoms with Crippen molar-refractivity contribution < 1.29 is 18.3 Å². The molecule has 4 nitrogen and oxygen atoms in total. The lowest BCUT2D eigenvalue weighted by Crippen LogP contribution is -2.08. The van der Waals surface area contributed by atoms with Crippen LogP contribution in [-0.4, -0.2) is 21.3 Å². The van der Waals surface area contributed by atoms with Gasteiger partial charge in [-0.2, -0.15) is 0 Å². The zero-order valence-electron chi connectivity index (χ0n) is 10.6. The lowest BCUT2D eigenvalue weighted by Gasteiger charge is -2.13. The first-order valence-corrected chi connectivity index (χ1v) is 7.07. The second-order valence-corrected chi connectivity index (χ2v) is 4.86. The first kappa shape index (κ1) is 14.9. The molecule has 0 spiro atoms. The van der Waals surface area contributed by atoms with E-state index in [9.17, 15) is 13.6 Å². The topological polar surface area (TPSA) is 66.4 Å². The van der Waals surface area contributed by atoms with E-state index in [0.717, 1.165) is 16.7 Å². The van der Waals surface area contributed by atoms with Gasteiger partial charge in [0.15, 0.2) is 0 Å². The molecule has 0 aromatic heterocycles. The van der Waals surface area contributed by atoms with E-state index in [0.29, 0.717) is 13.0 Å². The van der Waals surface area contributed by atoms with Crippen LogP contribution in [0.25, 0.3) is 0 Å². The SMILES string of the molecule is CCOC(=O)CCc1c(C)cccc1CS(=O)[O-]. The van der Waals surface area contributed by atoms with Crippen molar-refractivity contribution in [3.63, 3.8) is 0 Å². The van der Waals surface area contributed by atoms with Gasteiger partial charge in [-0.1, -0.05) is 29.3 Å². The number of aryl methyl sites for hydroxylation is 1. The molecule has 0 aliphatic rings. The quantitative estimate of drug-likeness (QED) is 0.584. The molecule has 0 saturated heterocycles. The van der Waals surface area contributed by atoms with E-state index in [1.807, 2.05) is 19.1 Å². The Morgan fingerprint density at radius 2 is 2.17 bits per heavy atom. The van der Waals surface area contributed by atoms with Crippen LogP contribution < -0.4 is 0 Å². The maximum absolute atomic E-state index is 11.3. The molecule has 1 aromatic carbocycles. The van der Waals surface area contributed by atoms with Crippen molar-refractivity contribution in [2.75, 3.05) is 6.61 Å². The highest BCUT2D eigenvalue weighted by Gasteiger charge is 2.09. The van der Waals surface area contributed by atoms with Crippen LogP contribution in [0.5, 0.6) is 0 Å². The van der Waals surface area contributed by atoms with Crippen molar-refractivity contribution in [3.05, 3.63) is 34.9 Å². The summed E-state index contributed by atoms with van der Waals surface area (Å²) in [5.41, 5.74) is 2.68. The summed E-state index contributed by atoms with van der Waals surface area (Å²) in [6, 6.07) is 5.52. The molecule has 0 amide bonds. The van der Waals surface area contributed by atoms with Gasteiger partial charge in [-0.05, 0) is 37.0 Å². The molecule has 0 fully saturated rings. The summed E-state index contributed by atoms with van der Waals surface area (Å²) < 4.78 is 26.4. The van der Waals surface area contributed by atoms with E-state index in [-0.39, 0.29) is 18.1 Å². The number of hydrogen-bond acceptors (Lipinski definition) is 4. The summed E-state index contributed by atoms with van der Waals surface area (Å²) in [5.74, 6) is -0.269. The molecule has 0 aliphatic heterocycles. The smallest absolute Gasteiger partial charge is 0.306 e. The lowest BCUT2D eigenvalue weighted by atomic mass is 9.99. The highest BCUT2D eigenvalue weighted by Crippen LogP contribution is 2.18. The van der Waals surface area contributed by atoms with Gasteiger partial charge in [0.1, 0.15) is 0 Å². The van der Waals surface area contributed by atoms with Crippen molar-refractivity contribution in [3.8, 4) is 0 Å². The molecule has 0 bridgehead atoms. The molecular formula is C13H17O4S-. The molecule has 1 aromatic rings.